The van der Waals surface area contributed by atoms with Crippen molar-refractivity contribution in [3.8, 4) is 0 Å². The number of aromatic nitrogens is 3. The van der Waals surface area contributed by atoms with E-state index in [1.807, 2.05) is 19.1 Å². The lowest BCUT2D eigenvalue weighted by Crippen LogP contribution is -1.95. The first-order valence-corrected chi connectivity index (χ1v) is 7.20. The van der Waals surface area contributed by atoms with E-state index >= 15 is 0 Å². The zero-order chi connectivity index (χ0) is 13.2. The molecule has 2 aromatic heterocycles. The standard InChI is InChI=1S/C14H14N4S/c1-9-6-12-13(17-9)15-8-16-14(12)18-10-4-3-5-11(7-10)19-2/h3-8H,1-2H3,(H2,15,16,17,18). The number of rotatable bonds is 3. The Bertz CT molecular complexity index is 720. The van der Waals surface area contributed by atoms with Gasteiger partial charge in [-0.2, -0.15) is 0 Å². The van der Waals surface area contributed by atoms with Gasteiger partial charge in [-0.3, -0.25) is 0 Å². The molecule has 96 valence electrons. The fourth-order valence-corrected chi connectivity index (χ4v) is 2.47. The van der Waals surface area contributed by atoms with E-state index in [0.29, 0.717) is 0 Å². The summed E-state index contributed by atoms with van der Waals surface area (Å²) in [7, 11) is 0. The van der Waals surface area contributed by atoms with Crippen LogP contribution in [0.5, 0.6) is 0 Å². The summed E-state index contributed by atoms with van der Waals surface area (Å²) in [5, 5.41) is 4.36. The van der Waals surface area contributed by atoms with Crippen LogP contribution in [-0.4, -0.2) is 21.2 Å². The van der Waals surface area contributed by atoms with Crippen molar-refractivity contribution in [3.63, 3.8) is 0 Å². The number of nitrogens with zero attached hydrogens (tertiary/aromatic N) is 2. The van der Waals surface area contributed by atoms with Crippen LogP contribution in [0.4, 0.5) is 11.5 Å². The smallest absolute Gasteiger partial charge is 0.143 e. The molecular formula is C14H14N4S. The van der Waals surface area contributed by atoms with E-state index in [1.54, 1.807) is 18.1 Å². The molecular weight excluding hydrogens is 256 g/mol. The normalized spacial score (nSPS) is 10.8. The zero-order valence-corrected chi connectivity index (χ0v) is 11.6. The SMILES string of the molecule is CSc1cccc(Nc2ncnc3[nH]c(C)cc23)c1. The predicted octanol–water partition coefficient (Wildman–Crippen LogP) is 3.73. The van der Waals surface area contributed by atoms with E-state index in [9.17, 15) is 0 Å². The van der Waals surface area contributed by atoms with E-state index in [2.05, 4.69) is 44.7 Å². The number of benzene rings is 1. The Morgan fingerprint density at radius 1 is 1.21 bits per heavy atom. The summed E-state index contributed by atoms with van der Waals surface area (Å²) in [4.78, 5) is 13.0. The van der Waals surface area contributed by atoms with Crippen molar-refractivity contribution in [2.45, 2.75) is 11.8 Å². The molecule has 0 saturated carbocycles. The van der Waals surface area contributed by atoms with Gasteiger partial charge in [0.15, 0.2) is 0 Å². The lowest BCUT2D eigenvalue weighted by Gasteiger charge is -2.07. The summed E-state index contributed by atoms with van der Waals surface area (Å²) in [6, 6.07) is 10.3. The molecule has 3 aromatic rings. The minimum absolute atomic E-state index is 0.826. The van der Waals surface area contributed by atoms with Crippen LogP contribution in [-0.2, 0) is 0 Å². The Hall–Kier alpha value is -2.01. The summed E-state index contributed by atoms with van der Waals surface area (Å²) < 4.78 is 0. The Morgan fingerprint density at radius 3 is 2.95 bits per heavy atom. The van der Waals surface area contributed by atoms with Gasteiger partial charge in [0.05, 0.1) is 5.39 Å². The van der Waals surface area contributed by atoms with Gasteiger partial charge in [0.25, 0.3) is 0 Å². The number of fused-ring (bicyclic) bond motifs is 1. The molecule has 0 saturated heterocycles. The minimum atomic E-state index is 0.826. The molecule has 19 heavy (non-hydrogen) atoms. The number of nitrogens with one attached hydrogen (secondary N) is 2. The topological polar surface area (TPSA) is 53.6 Å². The largest absolute Gasteiger partial charge is 0.343 e. The molecule has 0 atom stereocenters. The minimum Gasteiger partial charge on any atom is -0.343 e. The van der Waals surface area contributed by atoms with Gasteiger partial charge in [0.2, 0.25) is 0 Å². The molecule has 0 radical (unpaired) electrons. The molecule has 4 nitrogen and oxygen atoms in total. The lowest BCUT2D eigenvalue weighted by molar-refractivity contribution is 1.18. The molecule has 0 bridgehead atoms. The lowest BCUT2D eigenvalue weighted by atomic mass is 10.3. The van der Waals surface area contributed by atoms with Gasteiger partial charge in [-0.15, -0.1) is 11.8 Å². The number of aryl methyl sites for hydroxylation is 1. The summed E-state index contributed by atoms with van der Waals surface area (Å²) in [6.45, 7) is 2.01. The highest BCUT2D eigenvalue weighted by Gasteiger charge is 2.06. The fourth-order valence-electron chi connectivity index (χ4n) is 2.01. The maximum atomic E-state index is 4.32. The molecule has 0 aliphatic heterocycles. The van der Waals surface area contributed by atoms with Crippen molar-refractivity contribution in [1.29, 1.82) is 0 Å². The molecule has 2 N–H and O–H groups in total. The van der Waals surface area contributed by atoms with Crippen molar-refractivity contribution in [1.82, 2.24) is 15.0 Å². The van der Waals surface area contributed by atoms with Crippen LogP contribution in [0, 0.1) is 6.92 Å². The van der Waals surface area contributed by atoms with Crippen molar-refractivity contribution >= 4 is 34.3 Å². The van der Waals surface area contributed by atoms with Gasteiger partial charge < -0.3 is 10.3 Å². The monoisotopic (exact) mass is 270 g/mol. The average Bonchev–Trinajstić information content (AvgIpc) is 2.80. The number of H-pyrrole nitrogens is 1. The number of thioether (sulfide) groups is 1. The van der Waals surface area contributed by atoms with Gasteiger partial charge in [-0.05, 0) is 37.4 Å². The third kappa shape index (κ3) is 2.42. The van der Waals surface area contributed by atoms with E-state index in [4.69, 9.17) is 0 Å². The number of anilines is 2. The molecule has 3 rings (SSSR count). The van der Waals surface area contributed by atoms with Gasteiger partial charge >= 0.3 is 0 Å². The Balaban J connectivity index is 2.00. The van der Waals surface area contributed by atoms with E-state index < -0.39 is 0 Å². The summed E-state index contributed by atoms with van der Waals surface area (Å²) in [5.74, 6) is 0.826. The summed E-state index contributed by atoms with van der Waals surface area (Å²) in [5.41, 5.74) is 2.97. The highest BCUT2D eigenvalue weighted by molar-refractivity contribution is 7.98. The van der Waals surface area contributed by atoms with Crippen molar-refractivity contribution < 1.29 is 0 Å². The molecule has 0 spiro atoms. The van der Waals surface area contributed by atoms with Crippen molar-refractivity contribution in [2.75, 3.05) is 11.6 Å². The molecule has 1 aromatic carbocycles. The van der Waals surface area contributed by atoms with E-state index in [-0.39, 0.29) is 0 Å². The van der Waals surface area contributed by atoms with Crippen LogP contribution in [0.15, 0.2) is 41.6 Å². The van der Waals surface area contributed by atoms with Crippen molar-refractivity contribution in [3.05, 3.63) is 42.4 Å². The number of hydrogen-bond donors (Lipinski definition) is 2. The highest BCUT2D eigenvalue weighted by atomic mass is 32.2. The van der Waals surface area contributed by atoms with Crippen LogP contribution in [0.1, 0.15) is 5.69 Å². The number of hydrogen-bond acceptors (Lipinski definition) is 4. The Kier molecular flexibility index (Phi) is 3.13. The molecule has 0 fully saturated rings. The quantitative estimate of drug-likeness (QED) is 0.712. The third-order valence-corrected chi connectivity index (χ3v) is 3.62. The van der Waals surface area contributed by atoms with Crippen molar-refractivity contribution in [2.24, 2.45) is 0 Å². The summed E-state index contributed by atoms with van der Waals surface area (Å²) in [6.07, 6.45) is 3.64. The van der Waals surface area contributed by atoms with Gasteiger partial charge in [-0.1, -0.05) is 6.07 Å². The highest BCUT2D eigenvalue weighted by Crippen LogP contribution is 2.25. The second-order valence-corrected chi connectivity index (χ2v) is 5.17. The molecule has 0 aliphatic rings. The first-order valence-electron chi connectivity index (χ1n) is 5.97. The van der Waals surface area contributed by atoms with Crippen LogP contribution >= 0.6 is 11.8 Å². The maximum Gasteiger partial charge on any atom is 0.143 e. The first-order chi connectivity index (χ1) is 9.26. The van der Waals surface area contributed by atoms with Crippen LogP contribution in [0.2, 0.25) is 0 Å². The zero-order valence-electron chi connectivity index (χ0n) is 10.8. The van der Waals surface area contributed by atoms with E-state index in [1.165, 1.54) is 4.90 Å². The van der Waals surface area contributed by atoms with Crippen LogP contribution in [0.25, 0.3) is 11.0 Å². The molecule has 2 heterocycles. The van der Waals surface area contributed by atoms with Gasteiger partial charge in [-0.25, -0.2) is 9.97 Å². The van der Waals surface area contributed by atoms with E-state index in [0.717, 1.165) is 28.2 Å². The second kappa shape index (κ2) is 4.93. The molecule has 0 amide bonds. The van der Waals surface area contributed by atoms with Gasteiger partial charge in [0, 0.05) is 16.3 Å². The first kappa shape index (κ1) is 12.0. The van der Waals surface area contributed by atoms with Crippen LogP contribution in [0.3, 0.4) is 0 Å². The predicted molar refractivity (Wildman–Crippen MR) is 80.1 cm³/mol. The Labute approximate surface area is 115 Å². The second-order valence-electron chi connectivity index (χ2n) is 4.29. The maximum absolute atomic E-state index is 4.32. The van der Waals surface area contributed by atoms with Crippen LogP contribution < -0.4 is 5.32 Å². The molecule has 0 aliphatic carbocycles. The fraction of sp³-hybridized carbons (Fsp3) is 0.143. The molecule has 5 heteroatoms. The number of aromatic amines is 1. The summed E-state index contributed by atoms with van der Waals surface area (Å²) >= 11 is 1.72. The third-order valence-electron chi connectivity index (χ3n) is 2.89. The average molecular weight is 270 g/mol. The Morgan fingerprint density at radius 2 is 2.11 bits per heavy atom. The molecule has 0 unspecified atom stereocenters. The van der Waals surface area contributed by atoms with Gasteiger partial charge in [0.1, 0.15) is 17.8 Å².